The van der Waals surface area contributed by atoms with Crippen molar-refractivity contribution in [3.63, 3.8) is 0 Å². The summed E-state index contributed by atoms with van der Waals surface area (Å²) >= 11 is 4.20. The summed E-state index contributed by atoms with van der Waals surface area (Å²) in [5, 5.41) is 3.54. The normalized spacial score (nSPS) is 22.1. The van der Waals surface area contributed by atoms with Crippen molar-refractivity contribution in [2.24, 2.45) is 0 Å². The Balaban J connectivity index is 2.42. The van der Waals surface area contributed by atoms with Gasteiger partial charge in [0.15, 0.2) is 0 Å². The molecule has 0 saturated heterocycles. The molecule has 12 heavy (non-hydrogen) atoms. The van der Waals surface area contributed by atoms with Crippen LogP contribution in [0.1, 0.15) is 32.1 Å². The van der Waals surface area contributed by atoms with Crippen molar-refractivity contribution in [1.29, 1.82) is 0 Å². The van der Waals surface area contributed by atoms with Gasteiger partial charge in [-0.2, -0.15) is 12.6 Å². The molecule has 0 aliphatic heterocycles. The van der Waals surface area contributed by atoms with Crippen molar-refractivity contribution >= 4 is 12.6 Å². The first-order valence-electron chi connectivity index (χ1n) is 4.82. The second kappa shape index (κ2) is 4.93. The average Bonchev–Trinajstić information content (AvgIpc) is 2.16. The van der Waals surface area contributed by atoms with Crippen LogP contribution in [0, 0.1) is 0 Å². The van der Waals surface area contributed by atoms with Crippen molar-refractivity contribution in [2.75, 3.05) is 12.3 Å². The molecule has 1 fully saturated rings. The lowest BCUT2D eigenvalue weighted by Gasteiger charge is -2.35. The maximum atomic E-state index is 4.20. The van der Waals surface area contributed by atoms with Crippen LogP contribution in [0.2, 0.25) is 0 Å². The van der Waals surface area contributed by atoms with E-state index in [1.807, 2.05) is 0 Å². The number of nitrogens with one attached hydrogen (secondary N) is 1. The van der Waals surface area contributed by atoms with Gasteiger partial charge in [0, 0.05) is 17.8 Å². The van der Waals surface area contributed by atoms with E-state index in [1.54, 1.807) is 0 Å². The average molecular weight is 185 g/mol. The molecular formula is C10H19NS. The van der Waals surface area contributed by atoms with Crippen molar-refractivity contribution in [1.82, 2.24) is 5.32 Å². The molecule has 0 amide bonds. The van der Waals surface area contributed by atoms with Gasteiger partial charge in [-0.3, -0.25) is 0 Å². The Morgan fingerprint density at radius 1 is 1.33 bits per heavy atom. The van der Waals surface area contributed by atoms with Gasteiger partial charge in [0.05, 0.1) is 0 Å². The quantitative estimate of drug-likeness (QED) is 0.506. The largest absolute Gasteiger partial charge is 0.307 e. The van der Waals surface area contributed by atoms with Crippen LogP contribution >= 0.6 is 12.6 Å². The molecule has 2 heteroatoms. The van der Waals surface area contributed by atoms with E-state index >= 15 is 0 Å². The maximum absolute atomic E-state index is 4.20. The predicted molar refractivity (Wildman–Crippen MR) is 57.9 cm³/mol. The Morgan fingerprint density at radius 2 is 2.00 bits per heavy atom. The first-order chi connectivity index (χ1) is 5.83. The molecule has 1 aliphatic carbocycles. The first kappa shape index (κ1) is 10.1. The van der Waals surface area contributed by atoms with Gasteiger partial charge in [-0.1, -0.05) is 25.3 Å². The standard InChI is InChI=1S/C10H19NS/c1-2-10(11-8-9-12)6-4-3-5-7-10/h2,11-12H,1,3-9H2. The smallest absolute Gasteiger partial charge is 0.0361 e. The molecule has 70 valence electrons. The van der Waals surface area contributed by atoms with Crippen LogP contribution < -0.4 is 5.32 Å². The summed E-state index contributed by atoms with van der Waals surface area (Å²) in [4.78, 5) is 0. The number of hydrogen-bond donors (Lipinski definition) is 2. The summed E-state index contributed by atoms with van der Waals surface area (Å²) < 4.78 is 0. The number of rotatable bonds is 4. The highest BCUT2D eigenvalue weighted by molar-refractivity contribution is 7.80. The first-order valence-corrected chi connectivity index (χ1v) is 5.46. The van der Waals surface area contributed by atoms with Gasteiger partial charge in [-0.05, 0) is 12.8 Å². The highest BCUT2D eigenvalue weighted by atomic mass is 32.1. The van der Waals surface area contributed by atoms with Gasteiger partial charge in [-0.15, -0.1) is 6.58 Å². The fourth-order valence-corrected chi connectivity index (χ4v) is 2.05. The van der Waals surface area contributed by atoms with E-state index in [4.69, 9.17) is 0 Å². The topological polar surface area (TPSA) is 12.0 Å². The number of hydrogen-bond acceptors (Lipinski definition) is 2. The lowest BCUT2D eigenvalue weighted by atomic mass is 9.82. The Morgan fingerprint density at radius 3 is 2.50 bits per heavy atom. The van der Waals surface area contributed by atoms with Gasteiger partial charge in [-0.25, -0.2) is 0 Å². The molecular weight excluding hydrogens is 166 g/mol. The third-order valence-corrected chi connectivity index (χ3v) is 2.95. The highest BCUT2D eigenvalue weighted by Crippen LogP contribution is 2.28. The van der Waals surface area contributed by atoms with Crippen molar-refractivity contribution < 1.29 is 0 Å². The van der Waals surface area contributed by atoms with E-state index in [2.05, 4.69) is 30.6 Å². The van der Waals surface area contributed by atoms with Gasteiger partial charge in [0.25, 0.3) is 0 Å². The van der Waals surface area contributed by atoms with Crippen LogP contribution in [-0.2, 0) is 0 Å². The third kappa shape index (κ3) is 2.53. The molecule has 0 radical (unpaired) electrons. The molecule has 0 aromatic carbocycles. The van der Waals surface area contributed by atoms with Crippen LogP contribution in [0.15, 0.2) is 12.7 Å². The Kier molecular flexibility index (Phi) is 4.16. The van der Waals surface area contributed by atoms with Gasteiger partial charge in [0.1, 0.15) is 0 Å². The van der Waals surface area contributed by atoms with Gasteiger partial charge >= 0.3 is 0 Å². The molecule has 0 atom stereocenters. The molecule has 0 bridgehead atoms. The minimum absolute atomic E-state index is 0.237. The second-order valence-corrected chi connectivity index (χ2v) is 4.02. The minimum Gasteiger partial charge on any atom is -0.307 e. The summed E-state index contributed by atoms with van der Waals surface area (Å²) in [5.74, 6) is 0.912. The molecule has 0 aromatic rings. The SMILES string of the molecule is C=CC1(NCCS)CCCCC1. The van der Waals surface area contributed by atoms with Crippen LogP contribution in [0.4, 0.5) is 0 Å². The molecule has 1 aliphatic rings. The Bertz CT molecular complexity index is 139. The van der Waals surface area contributed by atoms with E-state index in [0.29, 0.717) is 0 Å². The highest BCUT2D eigenvalue weighted by Gasteiger charge is 2.27. The fourth-order valence-electron chi connectivity index (χ4n) is 1.94. The lowest BCUT2D eigenvalue weighted by Crippen LogP contribution is -2.45. The molecule has 0 unspecified atom stereocenters. The predicted octanol–water partition coefficient (Wildman–Crippen LogP) is 2.39. The van der Waals surface area contributed by atoms with Crippen LogP contribution in [0.3, 0.4) is 0 Å². The van der Waals surface area contributed by atoms with Crippen molar-refractivity contribution in [3.8, 4) is 0 Å². The summed E-state index contributed by atoms with van der Waals surface area (Å²) in [6, 6.07) is 0. The maximum Gasteiger partial charge on any atom is 0.0361 e. The number of thiol groups is 1. The monoisotopic (exact) mass is 185 g/mol. The van der Waals surface area contributed by atoms with Crippen LogP contribution in [0.5, 0.6) is 0 Å². The minimum atomic E-state index is 0.237. The van der Waals surface area contributed by atoms with E-state index in [-0.39, 0.29) is 5.54 Å². The molecule has 1 saturated carbocycles. The Hall–Kier alpha value is 0.0500. The van der Waals surface area contributed by atoms with E-state index < -0.39 is 0 Å². The molecule has 1 nitrogen and oxygen atoms in total. The van der Waals surface area contributed by atoms with Gasteiger partial charge in [0.2, 0.25) is 0 Å². The summed E-state index contributed by atoms with van der Waals surface area (Å²) in [7, 11) is 0. The van der Waals surface area contributed by atoms with E-state index in [1.165, 1.54) is 32.1 Å². The Labute approximate surface area is 81.0 Å². The molecule has 0 spiro atoms. The zero-order chi connectivity index (χ0) is 8.86. The zero-order valence-corrected chi connectivity index (χ0v) is 8.58. The summed E-state index contributed by atoms with van der Waals surface area (Å²) in [6.45, 7) is 4.92. The third-order valence-electron chi connectivity index (χ3n) is 2.73. The van der Waals surface area contributed by atoms with Crippen LogP contribution in [-0.4, -0.2) is 17.8 Å². The molecule has 1 rings (SSSR count). The zero-order valence-electron chi connectivity index (χ0n) is 7.68. The molecule has 1 N–H and O–H groups in total. The fraction of sp³-hybridized carbons (Fsp3) is 0.800. The van der Waals surface area contributed by atoms with Crippen molar-refractivity contribution in [3.05, 3.63) is 12.7 Å². The van der Waals surface area contributed by atoms with E-state index in [0.717, 1.165) is 12.3 Å². The summed E-state index contributed by atoms with van der Waals surface area (Å²) in [6.07, 6.45) is 8.67. The molecule has 0 aromatic heterocycles. The summed E-state index contributed by atoms with van der Waals surface area (Å²) in [5.41, 5.74) is 0.237. The van der Waals surface area contributed by atoms with Crippen LogP contribution in [0.25, 0.3) is 0 Å². The van der Waals surface area contributed by atoms with E-state index in [9.17, 15) is 0 Å². The lowest BCUT2D eigenvalue weighted by molar-refractivity contribution is 0.296. The van der Waals surface area contributed by atoms with Gasteiger partial charge < -0.3 is 5.32 Å². The second-order valence-electron chi connectivity index (χ2n) is 3.57. The molecule has 0 heterocycles. The van der Waals surface area contributed by atoms with Crippen molar-refractivity contribution in [2.45, 2.75) is 37.6 Å².